The van der Waals surface area contributed by atoms with Crippen LogP contribution >= 0.6 is 11.3 Å². The Labute approximate surface area is 261 Å². The van der Waals surface area contributed by atoms with Gasteiger partial charge in [0.05, 0.1) is 16.6 Å². The van der Waals surface area contributed by atoms with Gasteiger partial charge in [-0.05, 0) is 57.3 Å². The van der Waals surface area contributed by atoms with Crippen molar-refractivity contribution in [3.05, 3.63) is 126 Å². The number of nitrogens with zero attached hydrogens (tertiary/aromatic N) is 4. The molecule has 0 aliphatic carbocycles. The zero-order valence-electron chi connectivity index (χ0n) is 25.2. The number of pyridine rings is 1. The van der Waals surface area contributed by atoms with E-state index in [0.717, 1.165) is 29.1 Å². The summed E-state index contributed by atoms with van der Waals surface area (Å²) in [5, 5.41) is 15.3. The number of hydrogen-bond donors (Lipinski definition) is 0. The van der Waals surface area contributed by atoms with Crippen LogP contribution in [0.1, 0.15) is 37.1 Å². The predicted octanol–water partition coefficient (Wildman–Crippen LogP) is 9.77. The topological polar surface area (TPSA) is 34.6 Å². The molecule has 0 bridgehead atoms. The highest BCUT2D eigenvalue weighted by molar-refractivity contribution is 7.16. The van der Waals surface area contributed by atoms with Gasteiger partial charge in [0.15, 0.2) is 11.7 Å². The molecule has 0 saturated carbocycles. The minimum Gasteiger partial charge on any atom is -0.210 e. The lowest BCUT2D eigenvalue weighted by Gasteiger charge is -2.33. The van der Waals surface area contributed by atoms with Crippen LogP contribution in [0.25, 0.3) is 65.8 Å². The van der Waals surface area contributed by atoms with E-state index in [-0.39, 0.29) is 5.54 Å². The Morgan fingerprint density at radius 3 is 2.16 bits per heavy atom. The van der Waals surface area contributed by atoms with Crippen LogP contribution < -0.4 is 4.57 Å². The molecule has 4 nitrogen and oxygen atoms in total. The number of thiophene rings is 1. The highest BCUT2D eigenvalue weighted by Crippen LogP contribution is 2.48. The van der Waals surface area contributed by atoms with Gasteiger partial charge in [-0.3, -0.25) is 0 Å². The van der Waals surface area contributed by atoms with Crippen LogP contribution in [0, 0.1) is 6.92 Å². The van der Waals surface area contributed by atoms with E-state index in [1.54, 1.807) is 11.3 Å². The van der Waals surface area contributed by atoms with E-state index in [1.807, 2.05) is 10.9 Å². The molecule has 0 spiro atoms. The summed E-state index contributed by atoms with van der Waals surface area (Å²) in [5.41, 5.74) is 9.15. The quantitative estimate of drug-likeness (QED) is 0.148. The molecular formula is C39H33N4S+. The fourth-order valence-corrected chi connectivity index (χ4v) is 8.26. The normalized spacial score (nSPS) is 13.8. The lowest BCUT2D eigenvalue weighted by molar-refractivity contribution is -0.741. The minimum absolute atomic E-state index is 0.122. The lowest BCUT2D eigenvalue weighted by atomic mass is 9.79. The summed E-state index contributed by atoms with van der Waals surface area (Å²) in [5.74, 6) is 0. The van der Waals surface area contributed by atoms with Crippen LogP contribution in [0.5, 0.6) is 0 Å². The van der Waals surface area contributed by atoms with E-state index >= 15 is 0 Å². The molecule has 1 aliphatic heterocycles. The van der Waals surface area contributed by atoms with Gasteiger partial charge in [0.2, 0.25) is 5.69 Å². The van der Waals surface area contributed by atoms with Gasteiger partial charge in [0, 0.05) is 36.1 Å². The molecule has 8 rings (SSSR count). The highest BCUT2D eigenvalue weighted by Gasteiger charge is 2.47. The van der Waals surface area contributed by atoms with Crippen LogP contribution in [-0.4, -0.2) is 15.0 Å². The highest BCUT2D eigenvalue weighted by atomic mass is 32.1. The molecule has 3 aromatic heterocycles. The van der Waals surface area contributed by atoms with Gasteiger partial charge in [-0.15, -0.1) is 16.4 Å². The maximum absolute atomic E-state index is 4.65. The Bertz CT molecular complexity index is 2180. The molecule has 0 saturated heterocycles. The van der Waals surface area contributed by atoms with E-state index < -0.39 is 0 Å². The Balaban J connectivity index is 1.17. The number of hydrogen-bond acceptors (Lipinski definition) is 3. The van der Waals surface area contributed by atoms with Crippen molar-refractivity contribution in [2.45, 2.75) is 39.2 Å². The lowest BCUT2D eigenvalue weighted by Crippen LogP contribution is -2.58. The van der Waals surface area contributed by atoms with Crippen LogP contribution in [0.15, 0.2) is 116 Å². The Morgan fingerprint density at radius 1 is 0.818 bits per heavy atom. The molecule has 5 heteroatoms. The number of aromatic nitrogens is 4. The van der Waals surface area contributed by atoms with Crippen molar-refractivity contribution in [1.82, 2.24) is 15.0 Å². The average Bonchev–Trinajstić information content (AvgIpc) is 3.73. The number of rotatable bonds is 5. The number of aryl methyl sites for hydroxylation is 1. The second kappa shape index (κ2) is 10.1. The first-order valence-corrected chi connectivity index (χ1v) is 16.1. The van der Waals surface area contributed by atoms with Crippen LogP contribution in [0.4, 0.5) is 0 Å². The molecule has 214 valence electrons. The Hall–Kier alpha value is -4.87. The summed E-state index contributed by atoms with van der Waals surface area (Å²) in [6, 6.07) is 35.0. The van der Waals surface area contributed by atoms with Gasteiger partial charge >= 0.3 is 0 Å². The molecular weight excluding hydrogens is 557 g/mol. The monoisotopic (exact) mass is 589 g/mol. The first kappa shape index (κ1) is 26.7. The number of allylic oxidation sites excluding steroid dienone is 1. The smallest absolute Gasteiger partial charge is 0.210 e. The van der Waals surface area contributed by atoms with Crippen LogP contribution in [-0.2, 0) is 5.54 Å². The molecule has 4 heterocycles. The SMILES string of the molecule is C=C1c2sc(-n3cc(-c4ccc(-c5c6ccccc6cc6ccccc56)cc4)nn3)cc2-c2cc(C)cc[n+]2C1(CC)CC. The van der Waals surface area contributed by atoms with Crippen molar-refractivity contribution in [1.29, 1.82) is 0 Å². The maximum Gasteiger partial charge on any atom is 0.215 e. The first-order chi connectivity index (χ1) is 21.5. The Kier molecular flexibility index (Phi) is 6.14. The summed E-state index contributed by atoms with van der Waals surface area (Å²) in [6.07, 6.45) is 6.27. The van der Waals surface area contributed by atoms with Gasteiger partial charge in [-0.1, -0.05) is 98.4 Å². The van der Waals surface area contributed by atoms with Crippen molar-refractivity contribution in [3.8, 4) is 38.6 Å². The Morgan fingerprint density at radius 2 is 1.48 bits per heavy atom. The molecule has 0 amide bonds. The third-order valence-electron chi connectivity index (χ3n) is 9.53. The zero-order chi connectivity index (χ0) is 30.0. The third kappa shape index (κ3) is 3.92. The van der Waals surface area contributed by atoms with Gasteiger partial charge in [0.25, 0.3) is 0 Å². The summed E-state index contributed by atoms with van der Waals surface area (Å²) in [6.45, 7) is 11.3. The first-order valence-electron chi connectivity index (χ1n) is 15.3. The standard InChI is InChI=1S/C39H33N4S/c1-5-39(6-2)26(4)38-33(35-21-25(3)19-20-42(35)39)23-36(44-38)43-24-34(40-41-43)27-15-17-28(18-16-27)37-31-13-9-7-11-29(31)22-30-12-8-10-14-32(30)37/h7-24H,4-6H2,1-3H3/q+1. The second-order valence-corrected chi connectivity index (χ2v) is 12.9. The molecule has 0 fully saturated rings. The molecule has 7 aromatic rings. The van der Waals surface area contributed by atoms with Gasteiger partial charge in [0.1, 0.15) is 10.7 Å². The third-order valence-corrected chi connectivity index (χ3v) is 10.7. The van der Waals surface area contributed by atoms with Gasteiger partial charge in [-0.25, -0.2) is 4.68 Å². The van der Waals surface area contributed by atoms with E-state index in [9.17, 15) is 0 Å². The molecule has 0 radical (unpaired) electrons. The summed E-state index contributed by atoms with van der Waals surface area (Å²) >= 11 is 1.76. The van der Waals surface area contributed by atoms with Crippen molar-refractivity contribution in [2.24, 2.45) is 0 Å². The summed E-state index contributed by atoms with van der Waals surface area (Å²) in [7, 11) is 0. The molecule has 0 unspecified atom stereocenters. The predicted molar refractivity (Wildman–Crippen MR) is 183 cm³/mol. The molecule has 1 aliphatic rings. The van der Waals surface area contributed by atoms with Crippen molar-refractivity contribution in [3.63, 3.8) is 0 Å². The summed E-state index contributed by atoms with van der Waals surface area (Å²) < 4.78 is 4.35. The molecule has 0 N–H and O–H groups in total. The van der Waals surface area contributed by atoms with Crippen molar-refractivity contribution < 1.29 is 4.57 Å². The number of fused-ring (bicyclic) bond motifs is 5. The van der Waals surface area contributed by atoms with E-state index in [4.69, 9.17) is 0 Å². The van der Waals surface area contributed by atoms with Crippen LogP contribution in [0.3, 0.4) is 0 Å². The van der Waals surface area contributed by atoms with E-state index in [0.29, 0.717) is 0 Å². The summed E-state index contributed by atoms with van der Waals surface area (Å²) in [4.78, 5) is 1.25. The van der Waals surface area contributed by atoms with Crippen LogP contribution in [0.2, 0.25) is 0 Å². The fraction of sp³-hybridized carbons (Fsp3) is 0.154. The second-order valence-electron chi connectivity index (χ2n) is 11.8. The molecule has 4 aromatic carbocycles. The largest absolute Gasteiger partial charge is 0.215 e. The number of benzene rings is 4. The van der Waals surface area contributed by atoms with Crippen molar-refractivity contribution >= 4 is 38.5 Å². The zero-order valence-corrected chi connectivity index (χ0v) is 26.0. The molecule has 0 atom stereocenters. The average molecular weight is 590 g/mol. The maximum atomic E-state index is 4.65. The van der Waals surface area contributed by atoms with E-state index in [2.05, 4.69) is 145 Å². The van der Waals surface area contributed by atoms with Crippen molar-refractivity contribution in [2.75, 3.05) is 0 Å². The molecule has 44 heavy (non-hydrogen) atoms. The fourth-order valence-electron chi connectivity index (χ4n) is 7.10. The van der Waals surface area contributed by atoms with Gasteiger partial charge < -0.3 is 0 Å². The minimum atomic E-state index is -0.122. The van der Waals surface area contributed by atoms with E-state index in [1.165, 1.54) is 59.9 Å². The van der Waals surface area contributed by atoms with Gasteiger partial charge in [-0.2, -0.15) is 4.57 Å².